The predicted octanol–water partition coefficient (Wildman–Crippen LogP) is 4.07. The molecule has 5 nitrogen and oxygen atoms in total. The Morgan fingerprint density at radius 3 is 2.52 bits per heavy atom. The Hall–Kier alpha value is -1.52. The minimum Gasteiger partial charge on any atom is -0.481 e. The third-order valence-corrected chi connectivity index (χ3v) is 9.72. The smallest absolute Gasteiger partial charge is 0.303 e. The maximum atomic E-state index is 13.6. The van der Waals surface area contributed by atoms with E-state index in [-0.39, 0.29) is 64.7 Å². The van der Waals surface area contributed by atoms with E-state index in [4.69, 9.17) is 5.11 Å². The average Bonchev–Trinajstić information content (AvgIpc) is 3.01. The quantitative estimate of drug-likeness (QED) is 0.766. The van der Waals surface area contributed by atoms with E-state index in [0.29, 0.717) is 32.1 Å². The number of hydrogen-bond acceptors (Lipinski definition) is 4. The molecule has 29 heavy (non-hydrogen) atoms. The monoisotopic (exact) mass is 402 g/mol. The standard InChI is InChI=1S/C24H34O5/c1-13(4-7-21(28)29)16-5-6-17-22-18(12-20(27)24(16,17)3)23(2)9-8-15(25)10-14(23)11-19(22)26/h13-14,16-18,22H,4-12H2,1-3H3,(H,28,29)/t13-,14+,16-,17-,18-,22-,23+,24-/m1/s1. The summed E-state index contributed by atoms with van der Waals surface area (Å²) in [7, 11) is 0. The highest BCUT2D eigenvalue weighted by molar-refractivity contribution is 5.93. The van der Waals surface area contributed by atoms with Crippen LogP contribution in [0.25, 0.3) is 0 Å². The lowest BCUT2D eigenvalue weighted by molar-refractivity contribution is -0.166. The van der Waals surface area contributed by atoms with E-state index in [2.05, 4.69) is 20.8 Å². The summed E-state index contributed by atoms with van der Waals surface area (Å²) in [6.45, 7) is 6.37. The number of aliphatic carboxylic acids is 1. The molecule has 8 atom stereocenters. The molecule has 0 saturated heterocycles. The molecule has 0 aliphatic heterocycles. The van der Waals surface area contributed by atoms with Crippen molar-refractivity contribution in [1.82, 2.24) is 0 Å². The van der Waals surface area contributed by atoms with E-state index >= 15 is 0 Å². The van der Waals surface area contributed by atoms with Crippen molar-refractivity contribution in [3.63, 3.8) is 0 Å². The van der Waals surface area contributed by atoms with Crippen molar-refractivity contribution < 1.29 is 24.3 Å². The molecule has 0 unspecified atom stereocenters. The Bertz CT molecular complexity index is 756. The van der Waals surface area contributed by atoms with Crippen LogP contribution in [0.4, 0.5) is 0 Å². The summed E-state index contributed by atoms with van der Waals surface area (Å²) in [6.07, 6.45) is 5.33. The Morgan fingerprint density at radius 1 is 1.10 bits per heavy atom. The molecule has 0 amide bonds. The number of rotatable bonds is 4. The van der Waals surface area contributed by atoms with Crippen molar-refractivity contribution in [3.05, 3.63) is 0 Å². The zero-order valence-corrected chi connectivity index (χ0v) is 17.9. The van der Waals surface area contributed by atoms with Crippen molar-refractivity contribution in [2.24, 2.45) is 46.3 Å². The summed E-state index contributed by atoms with van der Waals surface area (Å²) in [4.78, 5) is 50.0. The largest absolute Gasteiger partial charge is 0.481 e. The fourth-order valence-electron chi connectivity index (χ4n) is 7.94. The van der Waals surface area contributed by atoms with Gasteiger partial charge in [-0.1, -0.05) is 20.8 Å². The topological polar surface area (TPSA) is 88.5 Å². The highest BCUT2D eigenvalue weighted by atomic mass is 16.4. The Kier molecular flexibility index (Phi) is 5.02. The van der Waals surface area contributed by atoms with Gasteiger partial charge in [0.2, 0.25) is 0 Å². The molecule has 0 heterocycles. The van der Waals surface area contributed by atoms with Gasteiger partial charge >= 0.3 is 5.97 Å². The molecular formula is C24H34O5. The second-order valence-corrected chi connectivity index (χ2v) is 10.9. The van der Waals surface area contributed by atoms with Crippen molar-refractivity contribution >= 4 is 23.3 Å². The van der Waals surface area contributed by atoms with Crippen LogP contribution < -0.4 is 0 Å². The zero-order chi connectivity index (χ0) is 21.1. The predicted molar refractivity (Wildman–Crippen MR) is 107 cm³/mol. The highest BCUT2D eigenvalue weighted by Gasteiger charge is 2.66. The summed E-state index contributed by atoms with van der Waals surface area (Å²) < 4.78 is 0. The van der Waals surface area contributed by atoms with Gasteiger partial charge in [-0.15, -0.1) is 0 Å². The Morgan fingerprint density at radius 2 is 1.83 bits per heavy atom. The third-order valence-electron chi connectivity index (χ3n) is 9.72. The van der Waals surface area contributed by atoms with Crippen LogP contribution in [0.3, 0.4) is 0 Å². The van der Waals surface area contributed by atoms with Gasteiger partial charge in [-0.05, 0) is 60.7 Å². The summed E-state index contributed by atoms with van der Waals surface area (Å²) in [5.74, 6) is 0.524. The molecule has 0 spiro atoms. The number of fused-ring (bicyclic) bond motifs is 5. The van der Waals surface area contributed by atoms with E-state index in [1.54, 1.807) is 0 Å². The van der Waals surface area contributed by atoms with Gasteiger partial charge in [0.15, 0.2) is 0 Å². The first kappa shape index (κ1) is 20.7. The molecule has 4 rings (SSSR count). The normalized spacial score (nSPS) is 45.3. The van der Waals surface area contributed by atoms with Crippen LogP contribution in [-0.2, 0) is 19.2 Å². The fourth-order valence-corrected chi connectivity index (χ4v) is 7.94. The van der Waals surface area contributed by atoms with Gasteiger partial charge in [0.25, 0.3) is 0 Å². The highest BCUT2D eigenvalue weighted by Crippen LogP contribution is 2.66. The first-order chi connectivity index (χ1) is 13.6. The zero-order valence-electron chi connectivity index (χ0n) is 17.9. The van der Waals surface area contributed by atoms with Crippen molar-refractivity contribution in [2.75, 3.05) is 0 Å². The summed E-state index contributed by atoms with van der Waals surface area (Å²) in [5.41, 5.74) is -0.598. The van der Waals surface area contributed by atoms with Crippen LogP contribution in [0.1, 0.15) is 78.6 Å². The minimum absolute atomic E-state index is 0.0659. The number of Topliss-reactive ketones (excluding diaryl/α,β-unsaturated/α-hetero) is 3. The molecule has 5 heteroatoms. The number of hydrogen-bond donors (Lipinski definition) is 1. The lowest BCUT2D eigenvalue weighted by Gasteiger charge is -2.58. The first-order valence-corrected chi connectivity index (χ1v) is 11.4. The Labute approximate surface area is 173 Å². The van der Waals surface area contributed by atoms with E-state index in [1.165, 1.54) is 0 Å². The van der Waals surface area contributed by atoms with Gasteiger partial charge in [-0.25, -0.2) is 0 Å². The van der Waals surface area contributed by atoms with Crippen molar-refractivity contribution in [1.29, 1.82) is 0 Å². The molecule has 1 N–H and O–H groups in total. The van der Waals surface area contributed by atoms with E-state index in [0.717, 1.165) is 19.3 Å². The van der Waals surface area contributed by atoms with E-state index < -0.39 is 11.4 Å². The molecule has 4 fully saturated rings. The van der Waals surface area contributed by atoms with E-state index in [9.17, 15) is 19.2 Å². The number of carbonyl (C=O) groups excluding carboxylic acids is 3. The average molecular weight is 403 g/mol. The summed E-state index contributed by atoms with van der Waals surface area (Å²) in [5, 5.41) is 9.06. The Balaban J connectivity index is 1.63. The molecule has 4 aliphatic carbocycles. The fraction of sp³-hybridized carbons (Fsp3) is 0.833. The van der Waals surface area contributed by atoms with Gasteiger partial charge < -0.3 is 5.11 Å². The van der Waals surface area contributed by atoms with Crippen LogP contribution in [0, 0.1) is 46.3 Å². The molecule has 0 aromatic rings. The second-order valence-electron chi connectivity index (χ2n) is 10.9. The molecule has 0 aromatic carbocycles. The molecule has 0 bridgehead atoms. The van der Waals surface area contributed by atoms with Gasteiger partial charge in [-0.2, -0.15) is 0 Å². The summed E-state index contributed by atoms with van der Waals surface area (Å²) >= 11 is 0. The van der Waals surface area contributed by atoms with Crippen molar-refractivity contribution in [2.45, 2.75) is 78.6 Å². The lowest BCUT2D eigenvalue weighted by atomic mass is 9.44. The first-order valence-electron chi connectivity index (χ1n) is 11.4. The van der Waals surface area contributed by atoms with Gasteiger partial charge in [0, 0.05) is 43.4 Å². The van der Waals surface area contributed by atoms with Gasteiger partial charge in [-0.3, -0.25) is 19.2 Å². The van der Waals surface area contributed by atoms with Gasteiger partial charge in [0.1, 0.15) is 17.3 Å². The van der Waals surface area contributed by atoms with Crippen LogP contribution in [0.5, 0.6) is 0 Å². The maximum absolute atomic E-state index is 13.6. The van der Waals surface area contributed by atoms with Gasteiger partial charge in [0.05, 0.1) is 0 Å². The van der Waals surface area contributed by atoms with Crippen LogP contribution >= 0.6 is 0 Å². The molecule has 0 aromatic heterocycles. The van der Waals surface area contributed by atoms with Crippen LogP contribution in [0.2, 0.25) is 0 Å². The molecule has 4 saturated carbocycles. The molecule has 0 radical (unpaired) electrons. The number of carboxylic acids is 1. The summed E-state index contributed by atoms with van der Waals surface area (Å²) in [6, 6.07) is 0. The number of carbonyl (C=O) groups is 4. The SMILES string of the molecule is C[C@H](CCC(=O)O)[C@H]1CC[C@@H]2[C@H]3C(=O)C[C@@H]4CC(=O)CC[C@]4(C)[C@@H]3CC(=O)[C@@]21C. The van der Waals surface area contributed by atoms with Crippen LogP contribution in [-0.4, -0.2) is 28.4 Å². The lowest BCUT2D eigenvalue weighted by Crippen LogP contribution is -2.60. The van der Waals surface area contributed by atoms with Crippen LogP contribution in [0.15, 0.2) is 0 Å². The maximum Gasteiger partial charge on any atom is 0.303 e. The third kappa shape index (κ3) is 3.02. The van der Waals surface area contributed by atoms with Crippen molar-refractivity contribution in [3.8, 4) is 0 Å². The minimum atomic E-state index is -0.792. The number of ketones is 3. The molecule has 4 aliphatic rings. The van der Waals surface area contributed by atoms with E-state index in [1.807, 2.05) is 0 Å². The molecular weight excluding hydrogens is 368 g/mol. The second kappa shape index (κ2) is 7.02. The molecule has 160 valence electrons. The number of carboxylic acid groups (broad SMARTS) is 1.